The number of amides is 2. The van der Waals surface area contributed by atoms with Gasteiger partial charge in [-0.25, -0.2) is 0 Å². The summed E-state index contributed by atoms with van der Waals surface area (Å²) in [5.74, 6) is -0.484. The molecule has 0 heterocycles. The predicted octanol–water partition coefficient (Wildman–Crippen LogP) is 0.424. The zero-order valence-corrected chi connectivity index (χ0v) is 10.5. The van der Waals surface area contributed by atoms with Crippen molar-refractivity contribution in [2.45, 2.75) is 26.2 Å². The van der Waals surface area contributed by atoms with Crippen molar-refractivity contribution < 1.29 is 9.59 Å². The molecule has 0 aliphatic rings. The molecule has 5 heteroatoms. The molecule has 0 atom stereocenters. The fourth-order valence-corrected chi connectivity index (χ4v) is 1.41. The number of carbonyl (C=O) groups excluding carboxylic acids is 2. The molecular formula is C13H19N3O2. The third-order valence-corrected chi connectivity index (χ3v) is 2.47. The summed E-state index contributed by atoms with van der Waals surface area (Å²) in [6.07, 6.45) is 1.20. The maximum atomic E-state index is 11.4. The molecule has 5 nitrogen and oxygen atoms in total. The van der Waals surface area contributed by atoms with Crippen molar-refractivity contribution in [3.8, 4) is 0 Å². The summed E-state index contributed by atoms with van der Waals surface area (Å²) in [7, 11) is 0. The maximum Gasteiger partial charge on any atom is 0.239 e. The van der Waals surface area contributed by atoms with E-state index in [-0.39, 0.29) is 24.8 Å². The van der Waals surface area contributed by atoms with E-state index in [4.69, 9.17) is 5.73 Å². The number of nitrogens with two attached hydrogens (primary N) is 1. The second-order valence-corrected chi connectivity index (χ2v) is 4.12. The molecule has 1 aromatic rings. The highest BCUT2D eigenvalue weighted by Crippen LogP contribution is 2.05. The number of hydrazine groups is 1. The number of aryl methyl sites for hydroxylation is 2. The molecule has 0 spiro atoms. The van der Waals surface area contributed by atoms with E-state index in [1.54, 1.807) is 0 Å². The van der Waals surface area contributed by atoms with Crippen molar-refractivity contribution in [1.29, 1.82) is 0 Å². The Labute approximate surface area is 107 Å². The lowest BCUT2D eigenvalue weighted by Gasteiger charge is -2.06. The van der Waals surface area contributed by atoms with E-state index in [1.807, 2.05) is 31.2 Å². The molecule has 1 rings (SSSR count). The lowest BCUT2D eigenvalue weighted by Crippen LogP contribution is -2.42. The third-order valence-electron chi connectivity index (χ3n) is 2.47. The van der Waals surface area contributed by atoms with Crippen molar-refractivity contribution in [1.82, 2.24) is 10.9 Å². The van der Waals surface area contributed by atoms with Crippen LogP contribution in [-0.4, -0.2) is 18.4 Å². The molecule has 0 aromatic heterocycles. The van der Waals surface area contributed by atoms with Gasteiger partial charge < -0.3 is 5.73 Å². The molecule has 98 valence electrons. The SMILES string of the molecule is Cc1ccc(CCC(=O)NNC(=O)CCN)cc1. The minimum Gasteiger partial charge on any atom is -0.330 e. The fourth-order valence-electron chi connectivity index (χ4n) is 1.41. The zero-order chi connectivity index (χ0) is 13.4. The van der Waals surface area contributed by atoms with Gasteiger partial charge in [0.25, 0.3) is 0 Å². The molecule has 0 unspecified atom stereocenters. The molecule has 0 saturated heterocycles. The smallest absolute Gasteiger partial charge is 0.239 e. The summed E-state index contributed by atoms with van der Waals surface area (Å²) in [5.41, 5.74) is 12.2. The summed E-state index contributed by atoms with van der Waals surface area (Å²) in [4.78, 5) is 22.5. The van der Waals surface area contributed by atoms with Gasteiger partial charge in [-0.3, -0.25) is 20.4 Å². The normalized spacial score (nSPS) is 9.89. The average molecular weight is 249 g/mol. The van der Waals surface area contributed by atoms with Gasteiger partial charge >= 0.3 is 0 Å². The number of rotatable bonds is 5. The van der Waals surface area contributed by atoms with Crippen LogP contribution in [0.4, 0.5) is 0 Å². The molecular weight excluding hydrogens is 230 g/mol. The number of nitrogens with one attached hydrogen (secondary N) is 2. The van der Waals surface area contributed by atoms with Crippen LogP contribution in [0, 0.1) is 6.92 Å². The Hall–Kier alpha value is -1.88. The number of benzene rings is 1. The Morgan fingerprint density at radius 2 is 1.61 bits per heavy atom. The summed E-state index contributed by atoms with van der Waals surface area (Å²) in [6.45, 7) is 2.29. The quantitative estimate of drug-likeness (QED) is 0.661. The van der Waals surface area contributed by atoms with E-state index in [0.29, 0.717) is 12.8 Å². The van der Waals surface area contributed by atoms with Crippen molar-refractivity contribution in [3.63, 3.8) is 0 Å². The van der Waals surface area contributed by atoms with Crippen LogP contribution in [0.5, 0.6) is 0 Å². The summed E-state index contributed by atoms with van der Waals surface area (Å²) in [6, 6.07) is 8.01. The molecule has 2 amide bonds. The molecule has 0 fully saturated rings. The van der Waals surface area contributed by atoms with Gasteiger partial charge in [0.2, 0.25) is 11.8 Å². The van der Waals surface area contributed by atoms with Crippen LogP contribution in [-0.2, 0) is 16.0 Å². The monoisotopic (exact) mass is 249 g/mol. The van der Waals surface area contributed by atoms with Crippen LogP contribution in [0.2, 0.25) is 0 Å². The van der Waals surface area contributed by atoms with Crippen molar-refractivity contribution in [2.75, 3.05) is 6.54 Å². The Bertz CT molecular complexity index is 401. The highest BCUT2D eigenvalue weighted by molar-refractivity contribution is 5.82. The second kappa shape index (κ2) is 7.45. The Balaban J connectivity index is 2.24. The third kappa shape index (κ3) is 5.45. The van der Waals surface area contributed by atoms with Crippen LogP contribution in [0.15, 0.2) is 24.3 Å². The number of hydrogen-bond acceptors (Lipinski definition) is 3. The van der Waals surface area contributed by atoms with Crippen molar-refractivity contribution in [3.05, 3.63) is 35.4 Å². The first kappa shape index (κ1) is 14.2. The zero-order valence-electron chi connectivity index (χ0n) is 10.5. The highest BCUT2D eigenvalue weighted by atomic mass is 16.2. The van der Waals surface area contributed by atoms with Gasteiger partial charge in [-0.05, 0) is 18.9 Å². The van der Waals surface area contributed by atoms with Crippen LogP contribution < -0.4 is 16.6 Å². The lowest BCUT2D eigenvalue weighted by atomic mass is 10.1. The first-order chi connectivity index (χ1) is 8.61. The summed E-state index contributed by atoms with van der Waals surface area (Å²) < 4.78 is 0. The summed E-state index contributed by atoms with van der Waals surface area (Å²) in [5, 5.41) is 0. The van der Waals surface area contributed by atoms with E-state index in [2.05, 4.69) is 10.9 Å². The van der Waals surface area contributed by atoms with E-state index in [0.717, 1.165) is 5.56 Å². The summed E-state index contributed by atoms with van der Waals surface area (Å²) >= 11 is 0. The number of hydrogen-bond donors (Lipinski definition) is 3. The molecule has 0 saturated carbocycles. The van der Waals surface area contributed by atoms with Gasteiger partial charge in [0.05, 0.1) is 0 Å². The van der Waals surface area contributed by atoms with Crippen LogP contribution in [0.3, 0.4) is 0 Å². The van der Waals surface area contributed by atoms with E-state index < -0.39 is 0 Å². The molecule has 4 N–H and O–H groups in total. The van der Waals surface area contributed by atoms with E-state index in [9.17, 15) is 9.59 Å². The van der Waals surface area contributed by atoms with Crippen LogP contribution in [0.1, 0.15) is 24.0 Å². The minimum absolute atomic E-state index is 0.207. The molecule has 0 aliphatic heterocycles. The molecule has 0 aliphatic carbocycles. The van der Waals surface area contributed by atoms with Gasteiger partial charge in [-0.15, -0.1) is 0 Å². The van der Waals surface area contributed by atoms with Gasteiger partial charge in [0, 0.05) is 19.4 Å². The first-order valence-electron chi connectivity index (χ1n) is 5.95. The highest BCUT2D eigenvalue weighted by Gasteiger charge is 2.04. The molecule has 1 aromatic carbocycles. The average Bonchev–Trinajstić information content (AvgIpc) is 2.36. The van der Waals surface area contributed by atoms with Crippen LogP contribution >= 0.6 is 0 Å². The van der Waals surface area contributed by atoms with Gasteiger partial charge in [0.1, 0.15) is 0 Å². The van der Waals surface area contributed by atoms with Gasteiger partial charge in [-0.1, -0.05) is 29.8 Å². The second-order valence-electron chi connectivity index (χ2n) is 4.12. The fraction of sp³-hybridized carbons (Fsp3) is 0.385. The minimum atomic E-state index is -0.277. The van der Waals surface area contributed by atoms with Crippen molar-refractivity contribution >= 4 is 11.8 Å². The van der Waals surface area contributed by atoms with Crippen LogP contribution in [0.25, 0.3) is 0 Å². The van der Waals surface area contributed by atoms with Gasteiger partial charge in [-0.2, -0.15) is 0 Å². The largest absolute Gasteiger partial charge is 0.330 e. The predicted molar refractivity (Wildman–Crippen MR) is 69.5 cm³/mol. The Morgan fingerprint density at radius 1 is 1.06 bits per heavy atom. The maximum absolute atomic E-state index is 11.4. The first-order valence-corrected chi connectivity index (χ1v) is 5.95. The van der Waals surface area contributed by atoms with Gasteiger partial charge in [0.15, 0.2) is 0 Å². The molecule has 0 radical (unpaired) electrons. The lowest BCUT2D eigenvalue weighted by molar-refractivity contribution is -0.128. The Kier molecular flexibility index (Phi) is 5.87. The number of carbonyl (C=O) groups is 2. The molecule has 0 bridgehead atoms. The van der Waals surface area contributed by atoms with Crippen molar-refractivity contribution in [2.24, 2.45) is 5.73 Å². The van der Waals surface area contributed by atoms with E-state index >= 15 is 0 Å². The topological polar surface area (TPSA) is 84.2 Å². The molecule has 18 heavy (non-hydrogen) atoms. The standard InChI is InChI=1S/C13H19N3O2/c1-10-2-4-11(5-3-10)6-7-12(17)15-16-13(18)8-9-14/h2-5H,6-9,14H2,1H3,(H,15,17)(H,16,18). The Morgan fingerprint density at radius 3 is 2.17 bits per heavy atom. The van der Waals surface area contributed by atoms with E-state index in [1.165, 1.54) is 5.56 Å².